The Morgan fingerprint density at radius 1 is 0.754 bits per heavy atom. The van der Waals surface area contributed by atoms with Crippen LogP contribution in [0.25, 0.3) is 5.57 Å². The van der Waals surface area contributed by atoms with Crippen LogP contribution in [0.2, 0.25) is 0 Å². The molecule has 0 saturated heterocycles. The van der Waals surface area contributed by atoms with Crippen molar-refractivity contribution in [2.24, 2.45) is 0 Å². The van der Waals surface area contributed by atoms with Gasteiger partial charge in [0.25, 0.3) is 10.1 Å². The number of aryl methyl sites for hydroxylation is 2. The summed E-state index contributed by atoms with van der Waals surface area (Å²) in [5.41, 5.74) is 7.69. The molecule has 5 aliphatic rings. The molecule has 5 heterocycles. The van der Waals surface area contributed by atoms with Crippen molar-refractivity contribution < 1.29 is 35.6 Å². The van der Waals surface area contributed by atoms with Gasteiger partial charge in [0.05, 0.1) is 30.3 Å². The molecule has 5 aliphatic heterocycles. The topological polar surface area (TPSA) is 134 Å². The van der Waals surface area contributed by atoms with Crippen LogP contribution in [0.15, 0.2) is 40.1 Å². The molecule has 0 amide bonds. The van der Waals surface area contributed by atoms with Gasteiger partial charge in [-0.25, -0.2) is 17.7 Å². The van der Waals surface area contributed by atoms with Crippen molar-refractivity contribution in [2.45, 2.75) is 99.7 Å². The fourth-order valence-electron chi connectivity index (χ4n) is 9.51. The first kappa shape index (κ1) is 40.7. The molecule has 3 aromatic carbocycles. The lowest BCUT2D eigenvalue weighted by atomic mass is 9.84. The van der Waals surface area contributed by atoms with E-state index in [1.807, 2.05) is 0 Å². The molecule has 0 atom stereocenters. The molecule has 0 saturated carbocycles. The van der Waals surface area contributed by atoms with Gasteiger partial charge in [0.15, 0.2) is 0 Å². The number of anilines is 1. The Morgan fingerprint density at radius 3 is 2.35 bits per heavy atom. The Bertz CT molecular complexity index is 2370. The van der Waals surface area contributed by atoms with Gasteiger partial charge >= 0.3 is 0 Å². The number of nitrogens with one attached hydrogen (secondary N) is 1. The second kappa shape index (κ2) is 17.7. The van der Waals surface area contributed by atoms with Crippen LogP contribution in [0, 0.1) is 0 Å². The van der Waals surface area contributed by atoms with Gasteiger partial charge in [-0.15, -0.1) is 11.6 Å². The number of fused-ring (bicyclic) bond motifs is 4. The van der Waals surface area contributed by atoms with Crippen molar-refractivity contribution in [3.63, 3.8) is 0 Å². The number of ether oxygens (including phenoxy) is 3. The lowest BCUT2D eigenvalue weighted by Crippen LogP contribution is -2.41. The summed E-state index contributed by atoms with van der Waals surface area (Å²) in [7, 11) is -9.07. The molecule has 0 radical (unpaired) electrons. The maximum absolute atomic E-state index is 13.6. The number of rotatable bonds is 16. The van der Waals surface area contributed by atoms with Crippen molar-refractivity contribution in [1.82, 2.24) is 9.30 Å². The van der Waals surface area contributed by atoms with Gasteiger partial charge in [-0.2, -0.15) is 8.42 Å². The minimum Gasteiger partial charge on any atom is -0.455 e. The first-order valence-corrected chi connectivity index (χ1v) is 24.4. The Balaban J connectivity index is 1.17. The highest BCUT2D eigenvalue weighted by Crippen LogP contribution is 2.49. The number of unbranched alkanes of at least 4 members (excludes halogenated alkanes) is 3. The van der Waals surface area contributed by atoms with Crippen molar-refractivity contribution >= 4 is 43.0 Å². The van der Waals surface area contributed by atoms with Crippen molar-refractivity contribution in [3.8, 4) is 11.5 Å². The third-order valence-corrected chi connectivity index (χ3v) is 14.7. The Hall–Kier alpha value is -3.04. The van der Waals surface area contributed by atoms with Gasteiger partial charge in [-0.3, -0.25) is 4.55 Å². The second-order valence-electron chi connectivity index (χ2n) is 15.9. The fourth-order valence-corrected chi connectivity index (χ4v) is 11.5. The molecular formula is C43H55ClN3O8S2+. The van der Waals surface area contributed by atoms with Gasteiger partial charge < -0.3 is 19.1 Å². The number of sulfonamides is 1. The van der Waals surface area contributed by atoms with Crippen molar-refractivity contribution in [2.75, 3.05) is 69.9 Å². The number of halogens is 1. The highest BCUT2D eigenvalue weighted by atomic mass is 35.5. The molecule has 57 heavy (non-hydrogen) atoms. The van der Waals surface area contributed by atoms with E-state index in [0.29, 0.717) is 31.3 Å². The van der Waals surface area contributed by atoms with Crippen LogP contribution in [0.1, 0.15) is 97.6 Å². The van der Waals surface area contributed by atoms with E-state index in [1.54, 1.807) is 6.07 Å². The SMILES string of the molecule is O=S(=O)(O)c1cc(S(=O)(=O)NCCOCCOCCCCCCCl)ccc1C1=c2cc3c4c(c2Oc2c1cc1c5c2CCCN5CCCC1)CCC[N+]=4CCCC3. The maximum Gasteiger partial charge on any atom is 0.295 e. The van der Waals surface area contributed by atoms with E-state index in [9.17, 15) is 21.4 Å². The number of hydrogen-bond acceptors (Lipinski definition) is 8. The van der Waals surface area contributed by atoms with E-state index in [-0.39, 0.29) is 23.6 Å². The van der Waals surface area contributed by atoms with E-state index in [4.69, 9.17) is 25.8 Å². The lowest BCUT2D eigenvalue weighted by molar-refractivity contribution is 0.0485. The summed E-state index contributed by atoms with van der Waals surface area (Å²) in [6.07, 6.45) is 13.9. The number of nitrogens with zero attached hydrogens (tertiary/aromatic N) is 2. The molecule has 0 bridgehead atoms. The minimum absolute atomic E-state index is 0.0189. The Morgan fingerprint density at radius 2 is 1.51 bits per heavy atom. The standard InChI is InChI=1S/C43H54ClN3O8S2/c44-17-5-1-2-8-23-53-25-26-54-24-18-45-56(48,49)32-15-16-33(38(29-32)57(50,51)52)39-36-27-30-11-3-6-19-46-21-9-13-34(40(30)46)42(36)55-43-35-14-10-22-47-20-7-4-12-31(41(35)47)28-37(39)43/h15-16,27-29,45H,1-14,17-26H2/p+1. The van der Waals surface area contributed by atoms with E-state index in [2.05, 4.69) is 26.3 Å². The number of alkyl halides is 1. The average Bonchev–Trinajstić information content (AvgIpc) is 3.54. The molecule has 308 valence electrons. The third kappa shape index (κ3) is 8.53. The summed E-state index contributed by atoms with van der Waals surface area (Å²) in [6, 6.07) is 8.41. The summed E-state index contributed by atoms with van der Waals surface area (Å²) in [6.45, 7) is 5.43. The third-order valence-electron chi connectivity index (χ3n) is 12.1. The summed E-state index contributed by atoms with van der Waals surface area (Å²) in [5.74, 6) is 2.17. The zero-order valence-electron chi connectivity index (χ0n) is 32.8. The predicted molar refractivity (Wildman–Crippen MR) is 222 cm³/mol. The Labute approximate surface area is 341 Å². The maximum atomic E-state index is 13.6. The summed E-state index contributed by atoms with van der Waals surface area (Å²) < 4.78 is 88.3. The summed E-state index contributed by atoms with van der Waals surface area (Å²) in [5, 5.41) is 2.04. The van der Waals surface area contributed by atoms with Gasteiger partial charge in [-0.1, -0.05) is 18.9 Å². The van der Waals surface area contributed by atoms with Crippen LogP contribution in [0.4, 0.5) is 5.69 Å². The zero-order valence-corrected chi connectivity index (χ0v) is 35.1. The minimum atomic E-state index is -4.91. The largest absolute Gasteiger partial charge is 0.455 e. The molecule has 11 nitrogen and oxygen atoms in total. The molecule has 0 aliphatic carbocycles. The normalized spacial score (nSPS) is 17.5. The number of benzene rings is 3. The van der Waals surface area contributed by atoms with Crippen LogP contribution in [-0.4, -0.2) is 86.4 Å². The molecule has 8 rings (SSSR count). The van der Waals surface area contributed by atoms with E-state index < -0.39 is 25.0 Å². The lowest BCUT2D eigenvalue weighted by Gasteiger charge is -2.35. The van der Waals surface area contributed by atoms with E-state index >= 15 is 0 Å². The van der Waals surface area contributed by atoms with Crippen LogP contribution in [0.5, 0.6) is 11.5 Å². The van der Waals surface area contributed by atoms with Gasteiger partial charge in [0.1, 0.15) is 29.5 Å². The molecule has 3 aromatic rings. The zero-order chi connectivity index (χ0) is 39.6. The van der Waals surface area contributed by atoms with Crippen LogP contribution < -0.4 is 29.5 Å². The fraction of sp³-hybridized carbons (Fsp3) is 0.558. The highest BCUT2D eigenvalue weighted by Gasteiger charge is 2.36. The Kier molecular flexibility index (Phi) is 12.6. The molecular weight excluding hydrogens is 786 g/mol. The van der Waals surface area contributed by atoms with Gasteiger partial charge in [0.2, 0.25) is 15.4 Å². The first-order chi connectivity index (χ1) is 27.7. The first-order valence-electron chi connectivity index (χ1n) is 20.9. The number of hydrogen-bond donors (Lipinski definition) is 2. The van der Waals surface area contributed by atoms with E-state index in [1.165, 1.54) is 28.2 Å². The van der Waals surface area contributed by atoms with E-state index in [0.717, 1.165) is 156 Å². The molecule has 2 N–H and O–H groups in total. The quantitative estimate of drug-likeness (QED) is 0.0671. The van der Waals surface area contributed by atoms with Crippen molar-refractivity contribution in [3.05, 3.63) is 74.3 Å². The van der Waals surface area contributed by atoms with Gasteiger partial charge in [0, 0.05) is 83.7 Å². The molecule has 0 aromatic heterocycles. The molecule has 14 heteroatoms. The van der Waals surface area contributed by atoms with Gasteiger partial charge in [-0.05, 0) is 94.0 Å². The van der Waals surface area contributed by atoms with Crippen LogP contribution in [-0.2, 0) is 55.3 Å². The average molecular weight is 842 g/mol. The summed E-state index contributed by atoms with van der Waals surface area (Å²) in [4.78, 5) is 1.78. The smallest absolute Gasteiger partial charge is 0.295 e. The predicted octanol–water partition coefficient (Wildman–Crippen LogP) is 5.26. The van der Waals surface area contributed by atoms with Crippen LogP contribution >= 0.6 is 11.6 Å². The molecule has 0 unspecified atom stereocenters. The van der Waals surface area contributed by atoms with Crippen LogP contribution in [0.3, 0.4) is 0 Å². The second-order valence-corrected chi connectivity index (χ2v) is 19.4. The summed E-state index contributed by atoms with van der Waals surface area (Å²) >= 11 is 5.72. The monoisotopic (exact) mass is 840 g/mol. The highest BCUT2D eigenvalue weighted by molar-refractivity contribution is 7.89. The molecule has 0 spiro atoms. The van der Waals surface area contributed by atoms with Crippen molar-refractivity contribution in [1.29, 1.82) is 0 Å². The molecule has 0 fully saturated rings.